The van der Waals surface area contributed by atoms with Crippen molar-refractivity contribution in [3.63, 3.8) is 0 Å². The average molecular weight is 979 g/mol. The van der Waals surface area contributed by atoms with Gasteiger partial charge in [0.1, 0.15) is 29.8 Å². The molecule has 0 N–H and O–H groups in total. The summed E-state index contributed by atoms with van der Waals surface area (Å²) in [7, 11) is 0. The van der Waals surface area contributed by atoms with Crippen LogP contribution in [0.15, 0.2) is 237 Å². The van der Waals surface area contributed by atoms with Crippen LogP contribution in [-0.4, -0.2) is 25.8 Å². The number of anilines is 4. The fraction of sp³-hybridized carbons (Fsp3) is 0.0725. The Morgan fingerprint density at radius 2 is 1.03 bits per heavy atom. The molecule has 2 aliphatic heterocycles. The number of hydrogen-bond acceptors (Lipinski definition) is 5. The van der Waals surface area contributed by atoms with Crippen molar-refractivity contribution in [1.82, 2.24) is 19.1 Å². The summed E-state index contributed by atoms with van der Waals surface area (Å²) in [5.74, 6) is 3.05. The van der Waals surface area contributed by atoms with Crippen LogP contribution in [0.4, 0.5) is 22.9 Å². The van der Waals surface area contributed by atoms with E-state index in [-0.39, 0.29) is 5.41 Å². The quantitative estimate of drug-likeness (QED) is 0.159. The number of aromatic nitrogens is 4. The van der Waals surface area contributed by atoms with E-state index in [1.165, 1.54) is 55.0 Å². The Morgan fingerprint density at radius 1 is 0.408 bits per heavy atom. The van der Waals surface area contributed by atoms with E-state index in [0.29, 0.717) is 18.2 Å². The van der Waals surface area contributed by atoms with Crippen LogP contribution in [0.1, 0.15) is 26.3 Å². The molecule has 0 unspecified atom stereocenters. The minimum Gasteiger partial charge on any atom is -0.457 e. The van der Waals surface area contributed by atoms with Crippen molar-refractivity contribution in [2.75, 3.05) is 16.5 Å². The molecule has 0 saturated heterocycles. The molecule has 4 aromatic heterocycles. The summed E-state index contributed by atoms with van der Waals surface area (Å²) in [6.45, 7) is 7.32. The molecule has 15 rings (SSSR count). The van der Waals surface area contributed by atoms with E-state index in [4.69, 9.17) is 14.7 Å². The van der Waals surface area contributed by atoms with Gasteiger partial charge in [0.2, 0.25) is 0 Å². The third kappa shape index (κ3) is 6.75. The largest absolute Gasteiger partial charge is 0.457 e. The molecule has 0 radical (unpaired) electrons. The third-order valence-corrected chi connectivity index (χ3v) is 15.6. The van der Waals surface area contributed by atoms with E-state index in [2.05, 4.69) is 258 Å². The zero-order valence-corrected chi connectivity index (χ0v) is 42.3. The Balaban J connectivity index is 0.880. The number of para-hydroxylation sites is 5. The van der Waals surface area contributed by atoms with Crippen molar-refractivity contribution in [2.45, 2.75) is 26.2 Å². The molecule has 7 nitrogen and oxygen atoms in total. The summed E-state index contributed by atoms with van der Waals surface area (Å²) in [4.78, 5) is 14.9. The van der Waals surface area contributed by atoms with Crippen LogP contribution < -0.4 is 14.5 Å². The molecular formula is C69H50N6O. The van der Waals surface area contributed by atoms with Gasteiger partial charge in [0.25, 0.3) is 0 Å². The summed E-state index contributed by atoms with van der Waals surface area (Å²) in [5.41, 5.74) is 19.6. The fourth-order valence-corrected chi connectivity index (χ4v) is 12.2. The predicted molar refractivity (Wildman–Crippen MR) is 313 cm³/mol. The Kier molecular flexibility index (Phi) is 9.75. The van der Waals surface area contributed by atoms with E-state index in [1.807, 2.05) is 18.5 Å². The van der Waals surface area contributed by atoms with Crippen molar-refractivity contribution in [1.29, 1.82) is 0 Å². The number of ether oxygens (including phenoxy) is 1. The highest BCUT2D eigenvalue weighted by Gasteiger charge is 2.33. The summed E-state index contributed by atoms with van der Waals surface area (Å²) in [6, 6.07) is 80.7. The number of hydrogen-bond donors (Lipinski definition) is 0. The molecule has 76 heavy (non-hydrogen) atoms. The molecule has 0 atom stereocenters. The predicted octanol–water partition coefficient (Wildman–Crippen LogP) is 18.0. The SMILES string of the molecule is CC(C)(C)c1ccnc(-n2c3cc(Oc4ccnc(N5CN(c6c(-c7ccccc7)cccc6-c6ccccc6)c6ccccc65)c4)ccc3c3c4c(ccc32)-n2c3ccccc3c3cccc(c32)-c2ccccc2-4)c1. The molecule has 0 bridgehead atoms. The van der Waals surface area contributed by atoms with Crippen LogP contribution in [0, 0.1) is 0 Å². The number of fused-ring (bicyclic) bond motifs is 13. The lowest BCUT2D eigenvalue weighted by atomic mass is 9.88. The highest BCUT2D eigenvalue weighted by Crippen LogP contribution is 2.53. The Bertz CT molecular complexity index is 4410. The summed E-state index contributed by atoms with van der Waals surface area (Å²) < 4.78 is 11.8. The topological polar surface area (TPSA) is 51.4 Å². The summed E-state index contributed by atoms with van der Waals surface area (Å²) in [6.07, 6.45) is 3.80. The maximum Gasteiger partial charge on any atom is 0.138 e. The minimum absolute atomic E-state index is 0.0885. The van der Waals surface area contributed by atoms with Crippen molar-refractivity contribution in [3.05, 3.63) is 242 Å². The smallest absolute Gasteiger partial charge is 0.138 e. The number of rotatable bonds is 7. The molecule has 2 aliphatic rings. The van der Waals surface area contributed by atoms with Crippen molar-refractivity contribution in [2.24, 2.45) is 0 Å². The van der Waals surface area contributed by atoms with Crippen LogP contribution >= 0.6 is 0 Å². The normalized spacial score (nSPS) is 12.8. The highest BCUT2D eigenvalue weighted by atomic mass is 16.5. The Morgan fingerprint density at radius 3 is 1.80 bits per heavy atom. The van der Waals surface area contributed by atoms with E-state index in [9.17, 15) is 0 Å². The second-order valence-electron chi connectivity index (χ2n) is 21.0. The van der Waals surface area contributed by atoms with Gasteiger partial charge in [-0.2, -0.15) is 0 Å². The first kappa shape index (κ1) is 43.8. The molecule has 9 aromatic carbocycles. The molecule has 6 heterocycles. The van der Waals surface area contributed by atoms with Crippen molar-refractivity contribution < 1.29 is 4.74 Å². The molecule has 13 aromatic rings. The zero-order valence-electron chi connectivity index (χ0n) is 42.3. The van der Waals surface area contributed by atoms with Gasteiger partial charge in [-0.1, -0.05) is 172 Å². The molecule has 362 valence electrons. The first-order valence-corrected chi connectivity index (χ1v) is 26.1. The van der Waals surface area contributed by atoms with E-state index < -0.39 is 0 Å². The molecule has 7 heteroatoms. The van der Waals surface area contributed by atoms with Gasteiger partial charge in [0.05, 0.1) is 44.8 Å². The second-order valence-corrected chi connectivity index (χ2v) is 21.0. The lowest BCUT2D eigenvalue weighted by Crippen LogP contribution is -2.25. The number of pyridine rings is 2. The first-order chi connectivity index (χ1) is 37.4. The van der Waals surface area contributed by atoms with Crippen molar-refractivity contribution in [3.8, 4) is 67.5 Å². The maximum atomic E-state index is 6.99. The van der Waals surface area contributed by atoms with Crippen LogP contribution in [0.3, 0.4) is 0 Å². The van der Waals surface area contributed by atoms with Gasteiger partial charge in [-0.15, -0.1) is 0 Å². The summed E-state index contributed by atoms with van der Waals surface area (Å²) >= 11 is 0. The van der Waals surface area contributed by atoms with E-state index >= 15 is 0 Å². The molecular weight excluding hydrogens is 929 g/mol. The zero-order chi connectivity index (χ0) is 50.6. The van der Waals surface area contributed by atoms with Gasteiger partial charge in [-0.3, -0.25) is 4.57 Å². The van der Waals surface area contributed by atoms with Gasteiger partial charge in [0, 0.05) is 68.3 Å². The van der Waals surface area contributed by atoms with Gasteiger partial charge in [-0.05, 0) is 93.9 Å². The Hall–Kier alpha value is -9.72. The molecule has 0 fully saturated rings. The highest BCUT2D eigenvalue weighted by molar-refractivity contribution is 6.23. The third-order valence-electron chi connectivity index (χ3n) is 15.6. The van der Waals surface area contributed by atoms with Crippen LogP contribution in [0.2, 0.25) is 0 Å². The molecule has 0 amide bonds. The Labute approximate surface area is 440 Å². The van der Waals surface area contributed by atoms with Crippen LogP contribution in [0.5, 0.6) is 11.5 Å². The van der Waals surface area contributed by atoms with Gasteiger partial charge in [-0.25, -0.2) is 9.97 Å². The monoisotopic (exact) mass is 978 g/mol. The number of nitrogens with zero attached hydrogens (tertiary/aromatic N) is 6. The molecule has 0 aliphatic carbocycles. The van der Waals surface area contributed by atoms with E-state index in [1.54, 1.807) is 0 Å². The minimum atomic E-state index is -0.0885. The lowest BCUT2D eigenvalue weighted by Gasteiger charge is -2.27. The van der Waals surface area contributed by atoms with E-state index in [0.717, 1.165) is 73.1 Å². The maximum absolute atomic E-state index is 6.99. The van der Waals surface area contributed by atoms with Gasteiger partial charge in [0.15, 0.2) is 0 Å². The molecule has 0 spiro atoms. The van der Waals surface area contributed by atoms with Gasteiger partial charge >= 0.3 is 0 Å². The first-order valence-electron chi connectivity index (χ1n) is 26.1. The standard InChI is InChI=1S/C69H50N6O/c1-69(2,3)46-36-38-71-64(40-46)74-60-34-35-61-65(53-24-11-10-22-51(53)54-27-17-28-55-52-23-12-13-29-57(52)75(61)68(54)55)66(60)56-33-32-47(41-62(56)74)76-48-37-39-70-63(42-48)72-43-73(59-31-15-14-30-58(59)72)67-49(44-18-6-4-7-19-44)25-16-26-50(67)45-20-8-5-9-21-45/h4-42H,43H2,1-3H3. The lowest BCUT2D eigenvalue weighted by molar-refractivity contribution is 0.482. The fourth-order valence-electron chi connectivity index (χ4n) is 12.2. The number of benzene rings is 9. The second kappa shape index (κ2) is 16.9. The average Bonchev–Trinajstić information content (AvgIpc) is 4.32. The summed E-state index contributed by atoms with van der Waals surface area (Å²) in [5, 5.41) is 4.78. The molecule has 0 saturated carbocycles. The van der Waals surface area contributed by atoms with Crippen LogP contribution in [0.25, 0.3) is 99.6 Å². The van der Waals surface area contributed by atoms with Crippen LogP contribution in [-0.2, 0) is 5.41 Å². The van der Waals surface area contributed by atoms with Gasteiger partial charge < -0.3 is 19.1 Å². The van der Waals surface area contributed by atoms with Crippen molar-refractivity contribution >= 4 is 66.5 Å².